The zero-order valence-corrected chi connectivity index (χ0v) is 11.9. The molecule has 2 N–H and O–H groups in total. The Hall–Kier alpha value is -0.390. The minimum absolute atomic E-state index is 0.242. The van der Waals surface area contributed by atoms with Crippen molar-refractivity contribution in [3.8, 4) is 0 Å². The molecule has 0 aromatic rings. The highest BCUT2D eigenvalue weighted by molar-refractivity contribution is 7.80. The van der Waals surface area contributed by atoms with E-state index < -0.39 is 0 Å². The van der Waals surface area contributed by atoms with Gasteiger partial charge in [-0.15, -0.1) is 0 Å². The summed E-state index contributed by atoms with van der Waals surface area (Å²) in [6, 6.07) is 0.628. The van der Waals surface area contributed by atoms with Crippen LogP contribution in [0.3, 0.4) is 0 Å². The van der Waals surface area contributed by atoms with Crippen LogP contribution < -0.4 is 10.6 Å². The van der Waals surface area contributed by atoms with Crippen molar-refractivity contribution in [2.75, 3.05) is 34.4 Å². The maximum atomic E-state index is 5.21. The second kappa shape index (κ2) is 8.73. The third kappa shape index (κ3) is 8.88. The van der Waals surface area contributed by atoms with Gasteiger partial charge in [-0.05, 0) is 53.1 Å². The number of hydrogen-bond acceptors (Lipinski definition) is 3. The van der Waals surface area contributed by atoms with E-state index in [4.69, 9.17) is 17.0 Å². The Balaban J connectivity index is 3.69. The molecular formula is C11H25N3OS. The first kappa shape index (κ1) is 15.6. The van der Waals surface area contributed by atoms with Crippen LogP contribution in [0.2, 0.25) is 0 Å². The molecule has 0 aromatic carbocycles. The van der Waals surface area contributed by atoms with Crippen LogP contribution in [0.4, 0.5) is 0 Å². The van der Waals surface area contributed by atoms with Crippen LogP contribution in [0.25, 0.3) is 0 Å². The molecule has 96 valence electrons. The van der Waals surface area contributed by atoms with E-state index in [9.17, 15) is 0 Å². The summed E-state index contributed by atoms with van der Waals surface area (Å²) in [5.74, 6) is 0. The van der Waals surface area contributed by atoms with Crippen molar-refractivity contribution in [2.24, 2.45) is 0 Å². The van der Waals surface area contributed by atoms with Crippen LogP contribution in [-0.4, -0.2) is 56.5 Å². The normalized spacial score (nSPS) is 14.6. The van der Waals surface area contributed by atoms with Crippen molar-refractivity contribution < 1.29 is 4.74 Å². The van der Waals surface area contributed by atoms with Crippen LogP contribution in [0.15, 0.2) is 0 Å². The average Bonchev–Trinajstić information content (AvgIpc) is 2.14. The Bertz CT molecular complexity index is 200. The fourth-order valence-electron chi connectivity index (χ4n) is 1.30. The smallest absolute Gasteiger partial charge is 0.166 e. The first-order valence-corrected chi connectivity index (χ1v) is 6.07. The van der Waals surface area contributed by atoms with E-state index in [1.54, 1.807) is 7.11 Å². The van der Waals surface area contributed by atoms with Gasteiger partial charge >= 0.3 is 0 Å². The molecule has 2 unspecified atom stereocenters. The summed E-state index contributed by atoms with van der Waals surface area (Å²) in [6.45, 7) is 5.90. The molecule has 0 fully saturated rings. The van der Waals surface area contributed by atoms with Gasteiger partial charge in [-0.2, -0.15) is 0 Å². The van der Waals surface area contributed by atoms with Gasteiger partial charge in [0.15, 0.2) is 5.11 Å². The molecule has 0 aliphatic carbocycles. The maximum absolute atomic E-state index is 5.21. The molecule has 0 bridgehead atoms. The van der Waals surface area contributed by atoms with Crippen molar-refractivity contribution in [3.63, 3.8) is 0 Å². The zero-order chi connectivity index (χ0) is 12.6. The maximum Gasteiger partial charge on any atom is 0.166 e. The lowest BCUT2D eigenvalue weighted by atomic mass is 10.2. The number of methoxy groups -OCH3 is 1. The number of nitrogens with one attached hydrogen (secondary N) is 2. The molecule has 0 radical (unpaired) electrons. The summed E-state index contributed by atoms with van der Waals surface area (Å²) < 4.78 is 5.03. The molecule has 0 heterocycles. The number of ether oxygens (including phenoxy) is 1. The number of rotatable bonds is 7. The second-order valence-electron chi connectivity index (χ2n) is 4.47. The molecule has 16 heavy (non-hydrogen) atoms. The van der Waals surface area contributed by atoms with Crippen LogP contribution in [0, 0.1) is 0 Å². The number of nitrogens with zero attached hydrogens (tertiary/aromatic N) is 1. The molecule has 0 saturated carbocycles. The lowest BCUT2D eigenvalue weighted by Crippen LogP contribution is -2.46. The Morgan fingerprint density at radius 3 is 2.31 bits per heavy atom. The summed E-state index contributed by atoms with van der Waals surface area (Å²) in [6.07, 6.45) is 1.08. The molecule has 0 aliphatic rings. The Morgan fingerprint density at radius 1 is 1.25 bits per heavy atom. The first-order chi connectivity index (χ1) is 7.45. The van der Waals surface area contributed by atoms with Gasteiger partial charge in [0, 0.05) is 19.2 Å². The van der Waals surface area contributed by atoms with Gasteiger partial charge in [0.2, 0.25) is 0 Å². The lowest BCUT2D eigenvalue weighted by molar-refractivity contribution is 0.179. The standard InChI is InChI=1S/C11H25N3OS/c1-9(6-7-14(3)4)12-11(16)13-10(2)8-15-5/h9-10H,6-8H2,1-5H3,(H2,12,13,16). The molecule has 0 saturated heterocycles. The van der Waals surface area contributed by atoms with Crippen molar-refractivity contribution in [1.82, 2.24) is 15.5 Å². The first-order valence-electron chi connectivity index (χ1n) is 5.66. The number of thiocarbonyl (C=S) groups is 1. The molecule has 0 aliphatic heterocycles. The van der Waals surface area contributed by atoms with E-state index in [1.807, 2.05) is 6.92 Å². The van der Waals surface area contributed by atoms with E-state index in [2.05, 4.69) is 36.6 Å². The summed E-state index contributed by atoms with van der Waals surface area (Å²) in [4.78, 5) is 2.17. The second-order valence-corrected chi connectivity index (χ2v) is 4.88. The molecule has 0 spiro atoms. The third-order valence-electron chi connectivity index (χ3n) is 2.18. The average molecular weight is 247 g/mol. The molecule has 5 heteroatoms. The van der Waals surface area contributed by atoms with E-state index in [0.717, 1.165) is 13.0 Å². The fraction of sp³-hybridized carbons (Fsp3) is 0.909. The van der Waals surface area contributed by atoms with Gasteiger partial charge in [-0.25, -0.2) is 0 Å². The molecule has 0 amide bonds. The molecule has 0 aromatic heterocycles. The number of hydrogen-bond donors (Lipinski definition) is 2. The van der Waals surface area contributed by atoms with Crippen LogP contribution in [-0.2, 0) is 4.74 Å². The summed E-state index contributed by atoms with van der Waals surface area (Å²) >= 11 is 5.21. The monoisotopic (exact) mass is 247 g/mol. The summed E-state index contributed by atoms with van der Waals surface area (Å²) in [5, 5.41) is 7.15. The highest BCUT2D eigenvalue weighted by Gasteiger charge is 2.07. The summed E-state index contributed by atoms with van der Waals surface area (Å²) in [5.41, 5.74) is 0. The minimum Gasteiger partial charge on any atom is -0.383 e. The van der Waals surface area contributed by atoms with Gasteiger partial charge < -0.3 is 20.3 Å². The Labute approximate surface area is 105 Å². The predicted octanol–water partition coefficient (Wildman–Crippen LogP) is 0.826. The highest BCUT2D eigenvalue weighted by Crippen LogP contribution is 1.92. The van der Waals surface area contributed by atoms with Crippen molar-refractivity contribution >= 4 is 17.3 Å². The fourth-order valence-corrected chi connectivity index (χ4v) is 1.71. The van der Waals surface area contributed by atoms with E-state index >= 15 is 0 Å². The third-order valence-corrected chi connectivity index (χ3v) is 2.42. The molecular weight excluding hydrogens is 222 g/mol. The molecule has 4 nitrogen and oxygen atoms in total. The van der Waals surface area contributed by atoms with Gasteiger partial charge in [-0.1, -0.05) is 0 Å². The van der Waals surface area contributed by atoms with Crippen molar-refractivity contribution in [1.29, 1.82) is 0 Å². The van der Waals surface area contributed by atoms with E-state index in [1.165, 1.54) is 0 Å². The van der Waals surface area contributed by atoms with Crippen molar-refractivity contribution in [3.05, 3.63) is 0 Å². The topological polar surface area (TPSA) is 36.5 Å². The Morgan fingerprint density at radius 2 is 1.81 bits per heavy atom. The van der Waals surface area contributed by atoms with Crippen LogP contribution in [0.5, 0.6) is 0 Å². The molecule has 2 atom stereocenters. The summed E-state index contributed by atoms with van der Waals surface area (Å²) in [7, 11) is 5.84. The van der Waals surface area contributed by atoms with Gasteiger partial charge in [0.1, 0.15) is 0 Å². The Kier molecular flexibility index (Phi) is 8.51. The quantitative estimate of drug-likeness (QED) is 0.652. The van der Waals surface area contributed by atoms with E-state index in [0.29, 0.717) is 17.8 Å². The van der Waals surface area contributed by atoms with Gasteiger partial charge in [0.25, 0.3) is 0 Å². The van der Waals surface area contributed by atoms with Crippen LogP contribution >= 0.6 is 12.2 Å². The predicted molar refractivity (Wildman–Crippen MR) is 72.8 cm³/mol. The SMILES string of the molecule is COCC(C)NC(=S)NC(C)CCN(C)C. The minimum atomic E-state index is 0.242. The molecule has 0 rings (SSSR count). The zero-order valence-electron chi connectivity index (χ0n) is 11.0. The largest absolute Gasteiger partial charge is 0.383 e. The lowest BCUT2D eigenvalue weighted by Gasteiger charge is -2.21. The van der Waals surface area contributed by atoms with Gasteiger partial charge in [-0.3, -0.25) is 0 Å². The van der Waals surface area contributed by atoms with Crippen molar-refractivity contribution in [2.45, 2.75) is 32.4 Å². The van der Waals surface area contributed by atoms with Gasteiger partial charge in [0.05, 0.1) is 6.61 Å². The highest BCUT2D eigenvalue weighted by atomic mass is 32.1. The van der Waals surface area contributed by atoms with E-state index in [-0.39, 0.29) is 6.04 Å². The van der Waals surface area contributed by atoms with Crippen LogP contribution in [0.1, 0.15) is 20.3 Å².